The number of hydrogen-bond donors (Lipinski definition) is 1. The van der Waals surface area contributed by atoms with Crippen molar-refractivity contribution < 1.29 is 4.79 Å². The van der Waals surface area contributed by atoms with Gasteiger partial charge in [0.1, 0.15) is 12.1 Å². The first-order valence-corrected chi connectivity index (χ1v) is 11.2. The normalized spacial score (nSPS) is 19.6. The summed E-state index contributed by atoms with van der Waals surface area (Å²) in [7, 11) is 4.17. The van der Waals surface area contributed by atoms with E-state index in [9.17, 15) is 4.79 Å². The molecule has 0 aliphatic carbocycles. The Bertz CT molecular complexity index is 1170. The first-order valence-electron chi connectivity index (χ1n) is 10.8. The highest BCUT2D eigenvalue weighted by atomic mass is 35.5. The van der Waals surface area contributed by atoms with Gasteiger partial charge in [0.05, 0.1) is 21.8 Å². The number of piperidine rings is 1. The molecule has 2 fully saturated rings. The number of halogens is 1. The molecule has 2 aromatic heterocycles. The molecule has 2 aliphatic heterocycles. The van der Waals surface area contributed by atoms with E-state index < -0.39 is 0 Å². The second kappa shape index (κ2) is 7.80. The number of aromatic nitrogens is 3. The summed E-state index contributed by atoms with van der Waals surface area (Å²) >= 11 is 6.86. The molecular formula is C23H27ClN6O. The third-order valence-electron chi connectivity index (χ3n) is 6.61. The predicted octanol–water partition coefficient (Wildman–Crippen LogP) is 3.53. The average molecular weight is 439 g/mol. The van der Waals surface area contributed by atoms with E-state index in [1.807, 2.05) is 18.0 Å². The number of anilines is 1. The van der Waals surface area contributed by atoms with Gasteiger partial charge in [0.25, 0.3) is 5.91 Å². The minimum atomic E-state index is 0.0513. The highest BCUT2D eigenvalue weighted by molar-refractivity contribution is 6.35. The number of likely N-dealkylation sites (N-methyl/N-ethyl adjacent to an activating group) is 1. The zero-order valence-electron chi connectivity index (χ0n) is 17.9. The van der Waals surface area contributed by atoms with Gasteiger partial charge in [-0.1, -0.05) is 11.6 Å². The third-order valence-corrected chi connectivity index (χ3v) is 6.91. The highest BCUT2D eigenvalue weighted by Gasteiger charge is 2.33. The average Bonchev–Trinajstić information content (AvgIpc) is 3.01. The van der Waals surface area contributed by atoms with Crippen LogP contribution >= 0.6 is 11.6 Å². The number of likely N-dealkylation sites (tertiary alicyclic amines) is 2. The second-order valence-electron chi connectivity index (χ2n) is 8.77. The van der Waals surface area contributed by atoms with Crippen LogP contribution in [0.1, 0.15) is 41.1 Å². The standard InChI is InChI=1S/C23H27ClN6O/c1-28-6-3-5-14(11-28)20-21(23(31)30-7-4-8-30)17(24)9-15-16(12-29(2)22(15)20)18-10-19(25)27-13-26-18/h9-10,12-14H,3-8,11H2,1-2H3,(H2,25,26,27). The van der Waals surface area contributed by atoms with Crippen LogP contribution in [0.15, 0.2) is 24.7 Å². The molecule has 8 heteroatoms. The summed E-state index contributed by atoms with van der Waals surface area (Å²) in [5.41, 5.74) is 10.4. The molecule has 5 rings (SSSR count). The zero-order chi connectivity index (χ0) is 21.7. The largest absolute Gasteiger partial charge is 0.384 e. The maximum absolute atomic E-state index is 13.5. The Labute approximate surface area is 186 Å². The summed E-state index contributed by atoms with van der Waals surface area (Å²) < 4.78 is 2.11. The highest BCUT2D eigenvalue weighted by Crippen LogP contribution is 2.42. The molecule has 0 spiro atoms. The second-order valence-corrected chi connectivity index (χ2v) is 9.18. The molecule has 1 atom stereocenters. The van der Waals surface area contributed by atoms with Crippen LogP contribution in [-0.4, -0.2) is 63.5 Å². The van der Waals surface area contributed by atoms with Crippen LogP contribution in [0.2, 0.25) is 5.02 Å². The van der Waals surface area contributed by atoms with Crippen molar-refractivity contribution in [3.8, 4) is 11.3 Å². The fraction of sp³-hybridized carbons (Fsp3) is 0.435. The maximum Gasteiger partial charge on any atom is 0.255 e. The fourth-order valence-corrected chi connectivity index (χ4v) is 5.28. The summed E-state index contributed by atoms with van der Waals surface area (Å²) in [6.45, 7) is 3.59. The van der Waals surface area contributed by atoms with Gasteiger partial charge in [-0.3, -0.25) is 4.79 Å². The van der Waals surface area contributed by atoms with Crippen molar-refractivity contribution in [1.82, 2.24) is 24.3 Å². The van der Waals surface area contributed by atoms with E-state index in [0.717, 1.165) is 73.2 Å². The van der Waals surface area contributed by atoms with Gasteiger partial charge < -0.3 is 20.1 Å². The van der Waals surface area contributed by atoms with Gasteiger partial charge in [0.15, 0.2) is 0 Å². The quantitative estimate of drug-likeness (QED) is 0.676. The number of nitrogen functional groups attached to an aromatic ring is 1. The van der Waals surface area contributed by atoms with Gasteiger partial charge in [0.2, 0.25) is 0 Å². The van der Waals surface area contributed by atoms with Crippen molar-refractivity contribution in [2.24, 2.45) is 7.05 Å². The Hall–Kier alpha value is -2.64. The smallest absolute Gasteiger partial charge is 0.255 e. The molecule has 3 aromatic rings. The number of amides is 1. The Morgan fingerprint density at radius 3 is 2.65 bits per heavy atom. The number of carbonyl (C=O) groups is 1. The number of carbonyl (C=O) groups excluding carboxylic acids is 1. The summed E-state index contributed by atoms with van der Waals surface area (Å²) in [5, 5.41) is 1.51. The van der Waals surface area contributed by atoms with Gasteiger partial charge in [-0.25, -0.2) is 9.97 Å². The predicted molar refractivity (Wildman–Crippen MR) is 123 cm³/mol. The van der Waals surface area contributed by atoms with Crippen molar-refractivity contribution >= 4 is 34.2 Å². The zero-order valence-corrected chi connectivity index (χ0v) is 18.7. The molecule has 7 nitrogen and oxygen atoms in total. The lowest BCUT2D eigenvalue weighted by molar-refractivity contribution is 0.0649. The van der Waals surface area contributed by atoms with Gasteiger partial charge >= 0.3 is 0 Å². The fourth-order valence-electron chi connectivity index (χ4n) is 4.99. The van der Waals surface area contributed by atoms with Crippen molar-refractivity contribution in [3.63, 3.8) is 0 Å². The molecule has 2 saturated heterocycles. The summed E-state index contributed by atoms with van der Waals surface area (Å²) in [4.78, 5) is 26.1. The van der Waals surface area contributed by atoms with Crippen LogP contribution in [0.5, 0.6) is 0 Å². The number of benzene rings is 1. The van der Waals surface area contributed by atoms with Crippen LogP contribution in [-0.2, 0) is 7.05 Å². The Balaban J connectivity index is 1.77. The maximum atomic E-state index is 13.5. The molecule has 2 N–H and O–H groups in total. The Morgan fingerprint density at radius 2 is 1.97 bits per heavy atom. The van der Waals surface area contributed by atoms with Crippen molar-refractivity contribution in [2.75, 3.05) is 39.0 Å². The van der Waals surface area contributed by atoms with Crippen LogP contribution < -0.4 is 5.73 Å². The van der Waals surface area contributed by atoms with Crippen LogP contribution in [0, 0.1) is 0 Å². The molecule has 1 amide bonds. The van der Waals surface area contributed by atoms with E-state index in [-0.39, 0.29) is 11.8 Å². The molecule has 1 aromatic carbocycles. The van der Waals surface area contributed by atoms with E-state index in [4.69, 9.17) is 17.3 Å². The molecule has 2 aliphatic rings. The van der Waals surface area contributed by atoms with Gasteiger partial charge in [0, 0.05) is 49.9 Å². The molecule has 0 saturated carbocycles. The van der Waals surface area contributed by atoms with Gasteiger partial charge in [-0.15, -0.1) is 0 Å². The molecular weight excluding hydrogens is 412 g/mol. The third kappa shape index (κ3) is 3.46. The lowest BCUT2D eigenvalue weighted by Crippen LogP contribution is -2.43. The monoisotopic (exact) mass is 438 g/mol. The number of rotatable bonds is 3. The minimum absolute atomic E-state index is 0.0513. The van der Waals surface area contributed by atoms with Crippen LogP contribution in [0.3, 0.4) is 0 Å². The summed E-state index contributed by atoms with van der Waals surface area (Å²) in [6.07, 6.45) is 6.73. The van der Waals surface area contributed by atoms with Crippen LogP contribution in [0.4, 0.5) is 5.82 Å². The van der Waals surface area contributed by atoms with Crippen molar-refractivity contribution in [1.29, 1.82) is 0 Å². The van der Waals surface area contributed by atoms with Gasteiger partial charge in [-0.2, -0.15) is 0 Å². The van der Waals surface area contributed by atoms with Gasteiger partial charge in [-0.05, 0) is 50.4 Å². The Morgan fingerprint density at radius 1 is 1.16 bits per heavy atom. The molecule has 1 unspecified atom stereocenters. The molecule has 0 bridgehead atoms. The molecule has 0 radical (unpaired) electrons. The first-order chi connectivity index (χ1) is 14.9. The minimum Gasteiger partial charge on any atom is -0.384 e. The SMILES string of the molecule is CN1CCCC(c2c(C(=O)N3CCC3)c(Cl)cc3c(-c4cc(N)ncn4)cn(C)c23)C1. The van der Waals surface area contributed by atoms with E-state index in [2.05, 4.69) is 32.7 Å². The van der Waals surface area contributed by atoms with E-state index >= 15 is 0 Å². The number of fused-ring (bicyclic) bond motifs is 1. The summed E-state index contributed by atoms with van der Waals surface area (Å²) in [6, 6.07) is 3.70. The van der Waals surface area contributed by atoms with E-state index in [1.165, 1.54) is 6.33 Å². The lowest BCUT2D eigenvalue weighted by Gasteiger charge is -2.35. The lowest BCUT2D eigenvalue weighted by atomic mass is 9.85. The number of nitrogens with zero attached hydrogens (tertiary/aromatic N) is 5. The van der Waals surface area contributed by atoms with Crippen molar-refractivity contribution in [3.05, 3.63) is 40.8 Å². The Kier molecular flexibility index (Phi) is 5.10. The summed E-state index contributed by atoms with van der Waals surface area (Å²) in [5.74, 6) is 0.722. The number of nitrogens with two attached hydrogens (primary N) is 1. The number of hydrogen-bond acceptors (Lipinski definition) is 5. The first kappa shape index (κ1) is 20.3. The molecule has 162 valence electrons. The van der Waals surface area contributed by atoms with Crippen molar-refractivity contribution in [2.45, 2.75) is 25.2 Å². The molecule has 4 heterocycles. The van der Waals surface area contributed by atoms with E-state index in [1.54, 1.807) is 6.07 Å². The molecule has 31 heavy (non-hydrogen) atoms. The number of aryl methyl sites for hydroxylation is 1. The topological polar surface area (TPSA) is 80.3 Å². The van der Waals surface area contributed by atoms with E-state index in [0.29, 0.717) is 16.4 Å². The van der Waals surface area contributed by atoms with Crippen LogP contribution in [0.25, 0.3) is 22.2 Å².